The van der Waals surface area contributed by atoms with Gasteiger partial charge in [0.15, 0.2) is 0 Å². The molecular formula is CH3O2P. The lowest BCUT2D eigenvalue weighted by Crippen LogP contribution is -1.15. The Morgan fingerprint density at radius 2 is 1.50 bits per heavy atom. The van der Waals surface area contributed by atoms with Gasteiger partial charge >= 0.3 is 7.68 Å². The van der Waals surface area contributed by atoms with Crippen LogP contribution in [0.5, 0.6) is 0 Å². The maximum atomic E-state index is 9.04. The van der Waals surface area contributed by atoms with Crippen molar-refractivity contribution in [2.24, 2.45) is 0 Å². The van der Waals surface area contributed by atoms with Gasteiger partial charge in [0.05, 0.1) is 0 Å². The third-order valence-corrected chi connectivity index (χ3v) is 0. The summed E-state index contributed by atoms with van der Waals surface area (Å²) in [6.45, 7) is 1.12. The molecule has 0 heterocycles. The molecule has 3 heteroatoms. The lowest BCUT2D eigenvalue weighted by Gasteiger charge is -1.33. The van der Waals surface area contributed by atoms with Crippen LogP contribution in [0, 0.1) is 0 Å². The molecule has 0 aromatic carbocycles. The van der Waals surface area contributed by atoms with E-state index in [1.54, 1.807) is 0 Å². The second-order valence-electron chi connectivity index (χ2n) is 0.440. The summed E-state index contributed by atoms with van der Waals surface area (Å²) in [5.41, 5.74) is 0. The average Bonchev–Trinajstić information content (AvgIpc) is 0.811. The average molecular weight is 78.0 g/mol. The maximum Gasteiger partial charge on any atom is 0.312 e. The Morgan fingerprint density at radius 1 is 1.50 bits per heavy atom. The second-order valence-corrected chi connectivity index (χ2v) is 1.32. The molecule has 24 valence electrons. The quantitative estimate of drug-likeness (QED) is 0.401. The molecule has 0 aromatic heterocycles. The smallest absolute Gasteiger partial charge is 0.238 e. The molecule has 0 saturated heterocycles. The van der Waals surface area contributed by atoms with E-state index in [9.17, 15) is 0 Å². The van der Waals surface area contributed by atoms with Gasteiger partial charge < -0.3 is 0 Å². The van der Waals surface area contributed by atoms with Gasteiger partial charge in [-0.3, -0.25) is 0 Å². The van der Waals surface area contributed by atoms with Gasteiger partial charge in [0.25, 0.3) is 0 Å². The molecule has 0 aliphatic heterocycles. The van der Waals surface area contributed by atoms with E-state index in [4.69, 9.17) is 9.13 Å². The Hall–Kier alpha value is -0.100. The van der Waals surface area contributed by atoms with Gasteiger partial charge in [-0.05, 0) is 0 Å². The molecule has 0 aliphatic rings. The van der Waals surface area contributed by atoms with Crippen LogP contribution in [0.15, 0.2) is 0 Å². The minimum atomic E-state index is -2.12. The van der Waals surface area contributed by atoms with Gasteiger partial charge in [0.1, 0.15) is 0 Å². The highest BCUT2D eigenvalue weighted by molar-refractivity contribution is 7.29. The number of hydrogen-bond donors (Lipinski definition) is 0. The minimum Gasteiger partial charge on any atom is -0.238 e. The van der Waals surface area contributed by atoms with Crippen molar-refractivity contribution >= 4 is 7.68 Å². The maximum absolute atomic E-state index is 9.04. The van der Waals surface area contributed by atoms with E-state index in [-0.39, 0.29) is 0 Å². The van der Waals surface area contributed by atoms with Gasteiger partial charge in [-0.25, -0.2) is 9.13 Å². The Kier molecular flexibility index (Phi) is 1.21. The highest BCUT2D eigenvalue weighted by Crippen LogP contribution is 1.85. The molecule has 0 radical (unpaired) electrons. The van der Waals surface area contributed by atoms with Gasteiger partial charge in [0, 0.05) is 6.66 Å². The summed E-state index contributed by atoms with van der Waals surface area (Å²) in [4.78, 5) is 0. The topological polar surface area (TPSA) is 34.1 Å². The third kappa shape index (κ3) is 154. The van der Waals surface area contributed by atoms with Crippen LogP contribution in [0.1, 0.15) is 0 Å². The standard InChI is InChI=1S/CH3O2P/c1-4(2)3/h1H3. The summed E-state index contributed by atoms with van der Waals surface area (Å²) in [7, 11) is -2.12. The van der Waals surface area contributed by atoms with Crippen molar-refractivity contribution in [2.75, 3.05) is 6.66 Å². The molecule has 2 nitrogen and oxygen atoms in total. The van der Waals surface area contributed by atoms with E-state index in [2.05, 4.69) is 0 Å². The first-order valence-corrected chi connectivity index (χ1v) is 2.44. The zero-order valence-electron chi connectivity index (χ0n) is 2.26. The fourth-order valence-corrected chi connectivity index (χ4v) is 0. The predicted molar refractivity (Wildman–Crippen MR) is 14.2 cm³/mol. The fourth-order valence-electron chi connectivity index (χ4n) is 0. The first-order valence-electron chi connectivity index (χ1n) is 0.812. The van der Waals surface area contributed by atoms with E-state index in [1.807, 2.05) is 0 Å². The lowest BCUT2D eigenvalue weighted by atomic mass is 12.0. The van der Waals surface area contributed by atoms with Crippen LogP contribution in [0.3, 0.4) is 0 Å². The van der Waals surface area contributed by atoms with Gasteiger partial charge in [0.2, 0.25) is 0 Å². The molecule has 0 rings (SSSR count). The van der Waals surface area contributed by atoms with Crippen molar-refractivity contribution in [2.45, 2.75) is 0 Å². The van der Waals surface area contributed by atoms with Crippen LogP contribution < -0.4 is 0 Å². The Bertz CT molecular complexity index is 54.4. The molecule has 0 aromatic rings. The molecule has 4 heavy (non-hydrogen) atoms. The summed E-state index contributed by atoms with van der Waals surface area (Å²) in [5, 5.41) is 0. The summed E-state index contributed by atoms with van der Waals surface area (Å²) in [6.07, 6.45) is 0. The monoisotopic (exact) mass is 78.0 g/mol. The van der Waals surface area contributed by atoms with E-state index in [1.165, 1.54) is 0 Å². The minimum absolute atomic E-state index is 1.12. The molecule has 0 saturated carbocycles. The predicted octanol–water partition coefficient (Wildman–Crippen LogP) is 0.789. The zero-order valence-corrected chi connectivity index (χ0v) is 3.16. The normalized spacial score (nSPS) is 6.25. The van der Waals surface area contributed by atoms with Crippen molar-refractivity contribution in [3.05, 3.63) is 0 Å². The van der Waals surface area contributed by atoms with Crippen LogP contribution in [0.4, 0.5) is 0 Å². The summed E-state index contributed by atoms with van der Waals surface area (Å²) >= 11 is 0. The summed E-state index contributed by atoms with van der Waals surface area (Å²) < 4.78 is 18.1. The van der Waals surface area contributed by atoms with Crippen LogP contribution >= 0.6 is 7.68 Å². The first kappa shape index (κ1) is 3.90. The SMILES string of the molecule is CP(=O)=O. The van der Waals surface area contributed by atoms with Crippen molar-refractivity contribution in [3.8, 4) is 0 Å². The Balaban J connectivity index is 3.51. The highest BCUT2D eigenvalue weighted by atomic mass is 31.1. The van der Waals surface area contributed by atoms with Crippen molar-refractivity contribution in [3.63, 3.8) is 0 Å². The van der Waals surface area contributed by atoms with Crippen LogP contribution in [0.2, 0.25) is 0 Å². The van der Waals surface area contributed by atoms with Gasteiger partial charge in [-0.15, -0.1) is 0 Å². The first-order chi connectivity index (χ1) is 1.73. The Labute approximate surface area is 24.6 Å². The van der Waals surface area contributed by atoms with E-state index >= 15 is 0 Å². The molecule has 0 atom stereocenters. The molecule has 0 amide bonds. The lowest BCUT2D eigenvalue weighted by molar-refractivity contribution is 0.520. The summed E-state index contributed by atoms with van der Waals surface area (Å²) in [5.74, 6) is 0. The molecule has 0 fully saturated rings. The van der Waals surface area contributed by atoms with Crippen molar-refractivity contribution in [1.82, 2.24) is 0 Å². The van der Waals surface area contributed by atoms with Gasteiger partial charge in [-0.1, -0.05) is 0 Å². The van der Waals surface area contributed by atoms with Crippen molar-refractivity contribution in [1.29, 1.82) is 0 Å². The summed E-state index contributed by atoms with van der Waals surface area (Å²) in [6, 6.07) is 0. The Morgan fingerprint density at radius 3 is 1.50 bits per heavy atom. The van der Waals surface area contributed by atoms with E-state index in [0.29, 0.717) is 0 Å². The molecule has 0 N–H and O–H groups in total. The zero-order chi connectivity index (χ0) is 3.58. The molecule has 0 unspecified atom stereocenters. The highest BCUT2D eigenvalue weighted by Gasteiger charge is 1.54. The van der Waals surface area contributed by atoms with Crippen LogP contribution in [0.25, 0.3) is 0 Å². The molecule has 0 spiro atoms. The van der Waals surface area contributed by atoms with E-state index < -0.39 is 7.68 Å². The fraction of sp³-hybridized carbons (Fsp3) is 1.00. The third-order valence-electron chi connectivity index (χ3n) is 0. The van der Waals surface area contributed by atoms with E-state index in [0.717, 1.165) is 6.66 Å². The molecular weight excluding hydrogens is 75.0 g/mol. The van der Waals surface area contributed by atoms with Crippen LogP contribution in [-0.4, -0.2) is 6.66 Å². The van der Waals surface area contributed by atoms with Crippen LogP contribution in [-0.2, 0) is 9.13 Å². The molecule has 0 aliphatic carbocycles. The number of hydrogen-bond acceptors (Lipinski definition) is 2. The number of rotatable bonds is 0. The van der Waals surface area contributed by atoms with Gasteiger partial charge in [-0.2, -0.15) is 0 Å². The largest absolute Gasteiger partial charge is 0.312 e. The second kappa shape index (κ2) is 1.24. The molecule has 0 bridgehead atoms. The van der Waals surface area contributed by atoms with Crippen molar-refractivity contribution < 1.29 is 9.13 Å².